The van der Waals surface area contributed by atoms with Crippen molar-refractivity contribution in [1.82, 2.24) is 9.80 Å². The zero-order valence-electron chi connectivity index (χ0n) is 19.1. The summed E-state index contributed by atoms with van der Waals surface area (Å²) < 4.78 is 5.02. The normalized spacial score (nSPS) is 21.8. The molecule has 0 saturated carbocycles. The second-order valence-electron chi connectivity index (χ2n) is 8.71. The van der Waals surface area contributed by atoms with Crippen LogP contribution in [0.2, 0.25) is 0 Å². The van der Waals surface area contributed by atoms with E-state index >= 15 is 0 Å². The summed E-state index contributed by atoms with van der Waals surface area (Å²) in [6.45, 7) is 6.61. The van der Waals surface area contributed by atoms with Crippen molar-refractivity contribution in [2.75, 3.05) is 38.1 Å². The number of aliphatic hydroxyl groups excluding tert-OH is 1. The summed E-state index contributed by atoms with van der Waals surface area (Å²) in [6, 6.07) is 6.55. The molecular formula is C24H35N3O5. The van der Waals surface area contributed by atoms with Crippen molar-refractivity contribution in [3.8, 4) is 0 Å². The molecular weight excluding hydrogens is 410 g/mol. The highest BCUT2D eigenvalue weighted by molar-refractivity contribution is 5.94. The van der Waals surface area contributed by atoms with Gasteiger partial charge in [-0.05, 0) is 56.2 Å². The Morgan fingerprint density at radius 3 is 2.47 bits per heavy atom. The van der Waals surface area contributed by atoms with Crippen molar-refractivity contribution in [3.05, 3.63) is 29.8 Å². The molecule has 1 aromatic carbocycles. The molecule has 0 radical (unpaired) electrons. The van der Waals surface area contributed by atoms with Gasteiger partial charge in [0, 0.05) is 38.3 Å². The summed E-state index contributed by atoms with van der Waals surface area (Å²) in [7, 11) is 0. The number of rotatable bonds is 6. The number of carbonyl (C=O) groups is 3. The van der Waals surface area contributed by atoms with E-state index in [0.29, 0.717) is 63.3 Å². The van der Waals surface area contributed by atoms with E-state index in [2.05, 4.69) is 12.2 Å². The molecule has 0 aromatic heterocycles. The third kappa shape index (κ3) is 6.22. The van der Waals surface area contributed by atoms with Crippen LogP contribution in [0.15, 0.2) is 24.3 Å². The van der Waals surface area contributed by atoms with Crippen LogP contribution in [0, 0.1) is 11.8 Å². The van der Waals surface area contributed by atoms with Crippen LogP contribution < -0.4 is 5.32 Å². The highest BCUT2D eigenvalue weighted by atomic mass is 16.5. The maximum atomic E-state index is 12.8. The maximum absolute atomic E-state index is 12.8. The van der Waals surface area contributed by atoms with E-state index in [-0.39, 0.29) is 29.9 Å². The van der Waals surface area contributed by atoms with Crippen molar-refractivity contribution < 1.29 is 24.2 Å². The summed E-state index contributed by atoms with van der Waals surface area (Å²) in [5.41, 5.74) is 0.955. The number of benzene rings is 1. The third-order valence-electron chi connectivity index (χ3n) is 6.58. The molecule has 8 nitrogen and oxygen atoms in total. The van der Waals surface area contributed by atoms with Gasteiger partial charge in [-0.25, -0.2) is 9.59 Å². The van der Waals surface area contributed by atoms with Gasteiger partial charge in [0.2, 0.25) is 5.91 Å². The average Bonchev–Trinajstić information content (AvgIpc) is 2.80. The molecule has 0 aliphatic carbocycles. The highest BCUT2D eigenvalue weighted by Gasteiger charge is 2.33. The lowest BCUT2D eigenvalue weighted by molar-refractivity contribution is -0.135. The zero-order valence-corrected chi connectivity index (χ0v) is 19.1. The second kappa shape index (κ2) is 11.3. The molecule has 0 bridgehead atoms. The Kier molecular flexibility index (Phi) is 8.50. The van der Waals surface area contributed by atoms with E-state index < -0.39 is 5.97 Å². The minimum Gasteiger partial charge on any atom is -0.462 e. The lowest BCUT2D eigenvalue weighted by Gasteiger charge is -2.39. The molecule has 32 heavy (non-hydrogen) atoms. The van der Waals surface area contributed by atoms with Crippen molar-refractivity contribution in [3.63, 3.8) is 0 Å². The second-order valence-corrected chi connectivity index (χ2v) is 8.71. The van der Waals surface area contributed by atoms with Gasteiger partial charge >= 0.3 is 12.0 Å². The lowest BCUT2D eigenvalue weighted by atomic mass is 9.81. The first kappa shape index (κ1) is 24.0. The molecule has 8 heteroatoms. The van der Waals surface area contributed by atoms with Gasteiger partial charge in [0.1, 0.15) is 0 Å². The van der Waals surface area contributed by atoms with E-state index in [0.717, 1.165) is 12.8 Å². The Labute approximate surface area is 189 Å². The van der Waals surface area contributed by atoms with Crippen LogP contribution in [0.3, 0.4) is 0 Å². The number of hydrogen-bond acceptors (Lipinski definition) is 5. The lowest BCUT2D eigenvalue weighted by Crippen LogP contribution is -2.47. The van der Waals surface area contributed by atoms with Gasteiger partial charge in [-0.1, -0.05) is 19.4 Å². The van der Waals surface area contributed by atoms with Crippen molar-refractivity contribution >= 4 is 23.6 Å². The quantitative estimate of drug-likeness (QED) is 0.656. The Hall–Kier alpha value is -2.61. The Morgan fingerprint density at radius 1 is 1.06 bits per heavy atom. The van der Waals surface area contributed by atoms with Gasteiger partial charge < -0.3 is 25.0 Å². The van der Waals surface area contributed by atoms with Crippen LogP contribution >= 0.6 is 0 Å². The molecule has 1 aromatic rings. The number of anilines is 1. The summed E-state index contributed by atoms with van der Waals surface area (Å²) in [6.07, 6.45) is 3.21. The van der Waals surface area contributed by atoms with E-state index in [1.54, 1.807) is 36.1 Å². The van der Waals surface area contributed by atoms with E-state index in [9.17, 15) is 19.5 Å². The zero-order chi connectivity index (χ0) is 23.1. The summed E-state index contributed by atoms with van der Waals surface area (Å²) in [5, 5.41) is 12.5. The number of nitrogens with one attached hydrogen (secondary N) is 1. The van der Waals surface area contributed by atoms with E-state index in [1.807, 2.05) is 4.90 Å². The van der Waals surface area contributed by atoms with Crippen molar-refractivity contribution in [2.45, 2.75) is 52.1 Å². The highest BCUT2D eigenvalue weighted by Crippen LogP contribution is 2.30. The van der Waals surface area contributed by atoms with Gasteiger partial charge in [0.25, 0.3) is 0 Å². The van der Waals surface area contributed by atoms with Gasteiger partial charge in [-0.15, -0.1) is 0 Å². The molecule has 3 rings (SSSR count). The number of esters is 1. The number of amides is 3. The van der Waals surface area contributed by atoms with Gasteiger partial charge in [0.05, 0.1) is 18.3 Å². The standard InChI is InChI=1S/C24H35N3O5/c1-3-17-16-27(11-8-18(17)15-22(29)26-12-9-21(28)10-13-26)24(31)25-20-7-5-6-19(14-20)23(30)32-4-2/h5-7,14,17-18,21,28H,3-4,8-13,15-16H2,1-2H3,(H,25,31). The fourth-order valence-corrected chi connectivity index (χ4v) is 4.61. The number of aliphatic hydroxyl groups is 1. The van der Waals surface area contributed by atoms with Crippen molar-refractivity contribution in [1.29, 1.82) is 0 Å². The molecule has 0 spiro atoms. The third-order valence-corrected chi connectivity index (χ3v) is 6.58. The molecule has 3 amide bonds. The summed E-state index contributed by atoms with van der Waals surface area (Å²) >= 11 is 0. The van der Waals surface area contributed by atoms with Crippen LogP contribution in [0.4, 0.5) is 10.5 Å². The van der Waals surface area contributed by atoms with Crippen LogP contribution in [0.5, 0.6) is 0 Å². The number of ether oxygens (including phenoxy) is 1. The first-order valence-corrected chi connectivity index (χ1v) is 11.7. The molecule has 176 valence electrons. The fourth-order valence-electron chi connectivity index (χ4n) is 4.61. The molecule has 2 atom stereocenters. The summed E-state index contributed by atoms with van der Waals surface area (Å²) in [4.78, 5) is 41.2. The number of carbonyl (C=O) groups excluding carboxylic acids is 3. The van der Waals surface area contributed by atoms with Crippen LogP contribution in [0.1, 0.15) is 56.3 Å². The largest absolute Gasteiger partial charge is 0.462 e. The SMILES string of the molecule is CCOC(=O)c1cccc(NC(=O)N2CCC(CC(=O)N3CCC(O)CC3)C(CC)C2)c1. The number of likely N-dealkylation sites (tertiary alicyclic amines) is 2. The minimum atomic E-state index is -0.414. The predicted molar refractivity (Wildman–Crippen MR) is 121 cm³/mol. The van der Waals surface area contributed by atoms with Crippen LogP contribution in [0.25, 0.3) is 0 Å². The average molecular weight is 446 g/mol. The first-order valence-electron chi connectivity index (χ1n) is 11.7. The summed E-state index contributed by atoms with van der Waals surface area (Å²) in [5.74, 6) is 0.271. The Morgan fingerprint density at radius 2 is 1.78 bits per heavy atom. The first-order chi connectivity index (χ1) is 15.4. The molecule has 2 unspecified atom stereocenters. The monoisotopic (exact) mass is 445 g/mol. The predicted octanol–water partition coefficient (Wildman–Crippen LogP) is 3.12. The number of piperidine rings is 2. The molecule has 2 saturated heterocycles. The number of hydrogen-bond donors (Lipinski definition) is 2. The Bertz CT molecular complexity index is 807. The molecule has 2 aliphatic heterocycles. The topological polar surface area (TPSA) is 99.2 Å². The molecule has 2 fully saturated rings. The number of urea groups is 1. The van der Waals surface area contributed by atoms with Gasteiger partial charge in [-0.2, -0.15) is 0 Å². The maximum Gasteiger partial charge on any atom is 0.338 e. The minimum absolute atomic E-state index is 0.161. The van der Waals surface area contributed by atoms with Crippen molar-refractivity contribution in [2.24, 2.45) is 11.8 Å². The van der Waals surface area contributed by atoms with Crippen LogP contribution in [-0.4, -0.2) is 71.7 Å². The van der Waals surface area contributed by atoms with E-state index in [4.69, 9.17) is 4.74 Å². The smallest absolute Gasteiger partial charge is 0.338 e. The van der Waals surface area contributed by atoms with Gasteiger partial charge in [0.15, 0.2) is 0 Å². The van der Waals surface area contributed by atoms with Gasteiger partial charge in [-0.3, -0.25) is 4.79 Å². The fraction of sp³-hybridized carbons (Fsp3) is 0.625. The van der Waals surface area contributed by atoms with Crippen LogP contribution in [-0.2, 0) is 9.53 Å². The van der Waals surface area contributed by atoms with E-state index in [1.165, 1.54) is 0 Å². The molecule has 2 aliphatic rings. The molecule has 2 heterocycles. The molecule has 2 N–H and O–H groups in total. The number of nitrogens with zero attached hydrogens (tertiary/aromatic N) is 2. The Balaban J connectivity index is 1.54.